The number of ether oxygens (including phenoxy) is 4. The largest absolute Gasteiger partial charge is 0.486 e. The Hall–Kier alpha value is -11.0. The molecule has 3 aromatic heterocycles. The van der Waals surface area contributed by atoms with Crippen molar-refractivity contribution in [3.63, 3.8) is 0 Å². The van der Waals surface area contributed by atoms with Gasteiger partial charge in [0.2, 0.25) is 0 Å². The van der Waals surface area contributed by atoms with E-state index in [2.05, 4.69) is 224 Å². The molecule has 0 amide bonds. The maximum absolute atomic E-state index is 6.72. The van der Waals surface area contributed by atoms with Crippen molar-refractivity contribution in [2.45, 2.75) is 26.2 Å². The van der Waals surface area contributed by atoms with Crippen molar-refractivity contribution in [3.05, 3.63) is 242 Å². The molecule has 0 N–H and O–H groups in total. The van der Waals surface area contributed by atoms with Crippen LogP contribution in [0.25, 0.3) is 77.7 Å². The fourth-order valence-corrected chi connectivity index (χ4v) is 13.8. The molecule has 11 heteroatoms. The van der Waals surface area contributed by atoms with Gasteiger partial charge in [-0.15, -0.1) is 0 Å². The van der Waals surface area contributed by atoms with Crippen molar-refractivity contribution in [1.82, 2.24) is 0 Å². The standard InChI is InChI=1S/C78H56BN3O7/c1-78(2,3)55-23-26-56(27-24-55)80(58-25-21-47-35-53(20-19-48(47)36-58)72-40-51-12-5-8-17-68(51)88-72)60-42-65-77-66(43-60)82(59-28-30-70-74(44-59)84-32-31-83-70)64-46-76-75(85-33-34-86-76)45-62(64)79(77)61-29-22-54(73-41-52-13-6-9-18-69(52)89-73)38-63(61)81(65)57-15-10-14-49(37-57)71-39-50-11-4-7-16-67(50)87-71/h4-30,35-46H,31-34H2,1-3H3. The highest BCUT2D eigenvalue weighted by Crippen LogP contribution is 2.52. The lowest BCUT2D eigenvalue weighted by molar-refractivity contribution is 0.171. The molecule has 0 fully saturated rings. The molecule has 14 aromatic rings. The van der Waals surface area contributed by atoms with E-state index in [0.29, 0.717) is 49.4 Å². The van der Waals surface area contributed by atoms with Crippen molar-refractivity contribution in [1.29, 1.82) is 0 Å². The minimum atomic E-state index is -0.288. The predicted molar refractivity (Wildman–Crippen MR) is 359 cm³/mol. The molecule has 0 bridgehead atoms. The van der Waals surface area contributed by atoms with Gasteiger partial charge in [0.15, 0.2) is 23.0 Å². The van der Waals surface area contributed by atoms with Gasteiger partial charge >= 0.3 is 0 Å². The van der Waals surface area contributed by atoms with E-state index in [1.54, 1.807) is 0 Å². The summed E-state index contributed by atoms with van der Waals surface area (Å²) >= 11 is 0. The molecule has 0 radical (unpaired) electrons. The van der Waals surface area contributed by atoms with Crippen LogP contribution >= 0.6 is 0 Å². The van der Waals surface area contributed by atoms with E-state index >= 15 is 0 Å². The van der Waals surface area contributed by atoms with Crippen LogP contribution in [0, 0.1) is 0 Å². The van der Waals surface area contributed by atoms with E-state index in [-0.39, 0.29) is 12.1 Å². The van der Waals surface area contributed by atoms with Gasteiger partial charge in [0.25, 0.3) is 6.71 Å². The Morgan fingerprint density at radius 1 is 0.348 bits per heavy atom. The number of hydrogen-bond donors (Lipinski definition) is 0. The van der Waals surface area contributed by atoms with E-state index in [1.165, 1.54) is 5.56 Å². The van der Waals surface area contributed by atoms with Gasteiger partial charge < -0.3 is 46.9 Å². The number of rotatable bonds is 8. The van der Waals surface area contributed by atoms with E-state index in [1.807, 2.05) is 48.5 Å². The maximum Gasteiger partial charge on any atom is 0.252 e. The minimum Gasteiger partial charge on any atom is -0.486 e. The molecule has 4 aliphatic rings. The predicted octanol–water partition coefficient (Wildman–Crippen LogP) is 18.5. The molecule has 0 spiro atoms. The van der Waals surface area contributed by atoms with E-state index in [9.17, 15) is 0 Å². The topological polar surface area (TPSA) is 86.1 Å². The van der Waals surface area contributed by atoms with Gasteiger partial charge in [-0.25, -0.2) is 0 Å². The van der Waals surface area contributed by atoms with Crippen LogP contribution in [0.15, 0.2) is 250 Å². The lowest BCUT2D eigenvalue weighted by atomic mass is 9.33. The highest BCUT2D eigenvalue weighted by atomic mass is 16.6. The molecule has 89 heavy (non-hydrogen) atoms. The number of fused-ring (bicyclic) bond motifs is 10. The van der Waals surface area contributed by atoms with Gasteiger partial charge in [0.05, 0.1) is 11.4 Å². The van der Waals surface area contributed by atoms with Crippen LogP contribution in [-0.2, 0) is 5.41 Å². The molecule has 428 valence electrons. The summed E-state index contributed by atoms with van der Waals surface area (Å²) in [6.07, 6.45) is 0. The molecule has 0 aliphatic carbocycles. The Kier molecular flexibility index (Phi) is 11.4. The number of nitrogens with zero attached hydrogens (tertiary/aromatic N) is 3. The number of hydrogen-bond acceptors (Lipinski definition) is 10. The third kappa shape index (κ3) is 8.47. The van der Waals surface area contributed by atoms with Gasteiger partial charge in [-0.2, -0.15) is 0 Å². The Morgan fingerprint density at radius 3 is 1.49 bits per heavy atom. The van der Waals surface area contributed by atoms with Crippen molar-refractivity contribution < 1.29 is 32.2 Å². The smallest absolute Gasteiger partial charge is 0.252 e. The van der Waals surface area contributed by atoms with Crippen molar-refractivity contribution in [2.75, 3.05) is 41.1 Å². The number of para-hydroxylation sites is 3. The van der Waals surface area contributed by atoms with Crippen LogP contribution in [0.1, 0.15) is 26.3 Å². The van der Waals surface area contributed by atoms with Crippen molar-refractivity contribution in [2.24, 2.45) is 0 Å². The summed E-state index contributed by atoms with van der Waals surface area (Å²) in [7, 11) is 0. The van der Waals surface area contributed by atoms with Gasteiger partial charge in [-0.3, -0.25) is 0 Å². The summed E-state index contributed by atoms with van der Waals surface area (Å²) in [6.45, 7) is 8.32. The normalized spacial score (nSPS) is 13.9. The highest BCUT2D eigenvalue weighted by molar-refractivity contribution is 7.00. The molecule has 18 rings (SSSR count). The third-order valence-corrected chi connectivity index (χ3v) is 18.1. The highest BCUT2D eigenvalue weighted by Gasteiger charge is 2.45. The summed E-state index contributed by atoms with van der Waals surface area (Å²) in [5.74, 6) is 5.21. The minimum absolute atomic E-state index is 0.0770. The zero-order valence-electron chi connectivity index (χ0n) is 49.1. The number of benzene rings is 11. The quantitative estimate of drug-likeness (QED) is 0.137. The van der Waals surface area contributed by atoms with Gasteiger partial charge in [0.1, 0.15) is 60.5 Å². The van der Waals surface area contributed by atoms with Crippen LogP contribution in [0.4, 0.5) is 51.2 Å². The first-order valence-corrected chi connectivity index (χ1v) is 30.4. The second-order valence-corrected chi connectivity index (χ2v) is 24.5. The summed E-state index contributed by atoms with van der Waals surface area (Å²) < 4.78 is 45.4. The first-order chi connectivity index (χ1) is 43.7. The number of furan rings is 3. The van der Waals surface area contributed by atoms with Crippen molar-refractivity contribution >= 4 is 118 Å². The van der Waals surface area contributed by atoms with E-state index in [0.717, 1.165) is 145 Å². The zero-order valence-corrected chi connectivity index (χ0v) is 49.1. The van der Waals surface area contributed by atoms with E-state index in [4.69, 9.17) is 32.2 Å². The lowest BCUT2D eigenvalue weighted by Crippen LogP contribution is -2.61. The van der Waals surface area contributed by atoms with Crippen LogP contribution in [0.5, 0.6) is 23.0 Å². The Balaban J connectivity index is 0.918. The van der Waals surface area contributed by atoms with Crippen LogP contribution in [0.3, 0.4) is 0 Å². The molecule has 11 aromatic carbocycles. The molecule has 0 atom stereocenters. The average Bonchev–Trinajstić information content (AvgIpc) is 1.37. The SMILES string of the molecule is CC(C)(C)c1ccc(N(c2cc3c4c(c2)N(c2ccc5c(c2)OCCO5)c2cc5c(cc2B4c2ccc(-c4cc6ccccc6o4)cc2N3c2cccc(-c3cc4ccccc4o3)c2)OCCO5)c2ccc3cc(-c4cc5ccccc5o4)ccc3c2)cc1. The third-order valence-electron chi connectivity index (χ3n) is 18.1. The summed E-state index contributed by atoms with van der Waals surface area (Å²) in [5, 5.41) is 5.35. The Labute approximate surface area is 514 Å². The van der Waals surface area contributed by atoms with Crippen LogP contribution < -0.4 is 50.0 Å². The molecule has 0 unspecified atom stereocenters. The van der Waals surface area contributed by atoms with E-state index < -0.39 is 0 Å². The fourth-order valence-electron chi connectivity index (χ4n) is 13.8. The number of anilines is 9. The second-order valence-electron chi connectivity index (χ2n) is 24.5. The molecular weight excluding hydrogens is 1100 g/mol. The van der Waals surface area contributed by atoms with Gasteiger partial charge in [-0.1, -0.05) is 130 Å². The summed E-state index contributed by atoms with van der Waals surface area (Å²) in [6, 6.07) is 84.5. The fraction of sp³-hybridized carbons (Fsp3) is 0.103. The van der Waals surface area contributed by atoms with Gasteiger partial charge in [0, 0.05) is 84.8 Å². The maximum atomic E-state index is 6.72. The summed E-state index contributed by atoms with van der Waals surface area (Å²) in [4.78, 5) is 7.26. The Bertz CT molecular complexity index is 5110. The lowest BCUT2D eigenvalue weighted by Gasteiger charge is -2.45. The summed E-state index contributed by atoms with van der Waals surface area (Å²) in [5.41, 5.74) is 18.7. The molecule has 7 heterocycles. The van der Waals surface area contributed by atoms with Crippen LogP contribution in [-0.4, -0.2) is 33.1 Å². The molecule has 4 aliphatic heterocycles. The Morgan fingerprint density at radius 2 is 0.865 bits per heavy atom. The monoisotopic (exact) mass is 1160 g/mol. The second kappa shape index (κ2) is 19.7. The molecular formula is C78H56BN3O7. The zero-order chi connectivity index (χ0) is 59.1. The average molecular weight is 1160 g/mol. The first kappa shape index (κ1) is 51.2. The molecule has 0 saturated heterocycles. The van der Waals surface area contributed by atoms with Gasteiger partial charge in [-0.05, 0) is 153 Å². The van der Waals surface area contributed by atoms with Crippen LogP contribution in [0.2, 0.25) is 0 Å². The molecule has 0 saturated carbocycles. The van der Waals surface area contributed by atoms with Crippen molar-refractivity contribution in [3.8, 4) is 57.0 Å². The molecule has 10 nitrogen and oxygen atoms in total. The first-order valence-electron chi connectivity index (χ1n) is 30.4.